The van der Waals surface area contributed by atoms with Crippen molar-refractivity contribution in [3.63, 3.8) is 0 Å². The van der Waals surface area contributed by atoms with E-state index in [0.29, 0.717) is 12.6 Å². The number of nitrogens with one attached hydrogen (secondary N) is 2. The molecule has 0 amide bonds. The molecule has 140 valence electrons. The van der Waals surface area contributed by atoms with Gasteiger partial charge in [-0.2, -0.15) is 0 Å². The normalized spacial score (nSPS) is 24.4. The first-order valence-electron chi connectivity index (χ1n) is 8.97. The summed E-state index contributed by atoms with van der Waals surface area (Å²) in [6, 6.07) is 2.64. The third-order valence-corrected chi connectivity index (χ3v) is 5.39. The molecule has 25 heavy (non-hydrogen) atoms. The Bertz CT molecular complexity index is 552. The van der Waals surface area contributed by atoms with Gasteiger partial charge in [0.2, 0.25) is 0 Å². The maximum atomic E-state index is 10.6. The van der Waals surface area contributed by atoms with E-state index in [9.17, 15) is 5.11 Å². The van der Waals surface area contributed by atoms with Crippen molar-refractivity contribution >= 4 is 28.0 Å². The van der Waals surface area contributed by atoms with Crippen LogP contribution in [0.3, 0.4) is 0 Å². The number of aliphatic hydroxyl groups is 2. The molecular weight excluding hydrogens is 384 g/mol. The minimum Gasteiger partial charge on any atom is -0.400 e. The standard InChI is InChI=1S/C17H25BrN4O.CH4O/c18-13-8-12(9-19)17(20-10-13)22-7-6-15(16(23)11-22)21-14-4-2-1-3-5-14;1-2/h8-10,14-16,19,21,23H,1-7,11H2;2H,1H3/t15-,16-;/m1./s1. The topological polar surface area (TPSA) is 92.5 Å². The highest BCUT2D eigenvalue weighted by Gasteiger charge is 2.30. The summed E-state index contributed by atoms with van der Waals surface area (Å²) in [4.78, 5) is 6.54. The van der Waals surface area contributed by atoms with Crippen LogP contribution in [0.15, 0.2) is 16.7 Å². The second-order valence-electron chi connectivity index (χ2n) is 6.62. The zero-order valence-electron chi connectivity index (χ0n) is 14.8. The molecule has 0 radical (unpaired) electrons. The van der Waals surface area contributed by atoms with Gasteiger partial charge >= 0.3 is 0 Å². The summed E-state index contributed by atoms with van der Waals surface area (Å²) in [6.45, 7) is 1.43. The van der Waals surface area contributed by atoms with Gasteiger partial charge in [0.05, 0.1) is 6.10 Å². The molecule has 6 nitrogen and oxygen atoms in total. The number of halogens is 1. The Hall–Kier alpha value is -1.02. The van der Waals surface area contributed by atoms with Gasteiger partial charge < -0.3 is 25.8 Å². The molecule has 0 aromatic carbocycles. The summed E-state index contributed by atoms with van der Waals surface area (Å²) in [6.07, 6.45) is 10.0. The number of aromatic nitrogens is 1. The zero-order valence-corrected chi connectivity index (χ0v) is 16.4. The van der Waals surface area contributed by atoms with Crippen molar-refractivity contribution < 1.29 is 10.2 Å². The monoisotopic (exact) mass is 412 g/mol. The summed E-state index contributed by atoms with van der Waals surface area (Å²) in [5.41, 5.74) is 0.783. The number of nitrogens with zero attached hydrogens (tertiary/aromatic N) is 2. The van der Waals surface area contributed by atoms with Crippen molar-refractivity contribution in [2.75, 3.05) is 25.1 Å². The Kier molecular flexibility index (Phi) is 8.29. The van der Waals surface area contributed by atoms with E-state index in [2.05, 4.69) is 31.1 Å². The van der Waals surface area contributed by atoms with Crippen LogP contribution in [0.1, 0.15) is 44.1 Å². The quantitative estimate of drug-likeness (QED) is 0.569. The van der Waals surface area contributed by atoms with E-state index in [-0.39, 0.29) is 6.04 Å². The van der Waals surface area contributed by atoms with Crippen LogP contribution in [0.25, 0.3) is 0 Å². The van der Waals surface area contributed by atoms with Crippen molar-refractivity contribution in [3.05, 3.63) is 22.3 Å². The number of aliphatic hydroxyl groups excluding tert-OH is 2. The van der Waals surface area contributed by atoms with Crippen LogP contribution in [0.4, 0.5) is 5.82 Å². The fourth-order valence-corrected chi connectivity index (χ4v) is 4.06. The predicted molar refractivity (Wildman–Crippen MR) is 105 cm³/mol. The molecule has 1 aromatic heterocycles. The van der Waals surface area contributed by atoms with E-state index in [0.717, 1.165) is 35.9 Å². The third kappa shape index (κ3) is 5.48. The lowest BCUT2D eigenvalue weighted by molar-refractivity contribution is 0.103. The number of β-amino-alcohol motifs (C(OH)–C–C–N with tert-alkyl or cyclic N) is 1. The molecule has 2 atom stereocenters. The van der Waals surface area contributed by atoms with Gasteiger partial charge in [-0.15, -0.1) is 0 Å². The van der Waals surface area contributed by atoms with Crippen molar-refractivity contribution in [1.82, 2.24) is 10.3 Å². The molecule has 2 heterocycles. The van der Waals surface area contributed by atoms with Gasteiger partial charge in [-0.3, -0.25) is 0 Å². The number of piperidine rings is 1. The van der Waals surface area contributed by atoms with Crippen LogP contribution in [0.5, 0.6) is 0 Å². The molecule has 0 bridgehead atoms. The zero-order chi connectivity index (χ0) is 18.2. The smallest absolute Gasteiger partial charge is 0.137 e. The Morgan fingerprint density at radius 3 is 2.64 bits per heavy atom. The lowest BCUT2D eigenvalue weighted by Gasteiger charge is -2.39. The molecule has 0 spiro atoms. The van der Waals surface area contributed by atoms with Gasteiger partial charge in [0.15, 0.2) is 0 Å². The molecule has 1 aromatic rings. The lowest BCUT2D eigenvalue weighted by Crippen LogP contribution is -2.55. The molecule has 2 fully saturated rings. The van der Waals surface area contributed by atoms with Crippen molar-refractivity contribution in [2.24, 2.45) is 0 Å². The van der Waals surface area contributed by atoms with E-state index in [1.54, 1.807) is 6.20 Å². The van der Waals surface area contributed by atoms with Gasteiger partial charge in [-0.25, -0.2) is 4.98 Å². The van der Waals surface area contributed by atoms with Crippen molar-refractivity contribution in [3.8, 4) is 0 Å². The van der Waals surface area contributed by atoms with Crippen LogP contribution in [0, 0.1) is 5.41 Å². The van der Waals surface area contributed by atoms with E-state index >= 15 is 0 Å². The van der Waals surface area contributed by atoms with Crippen LogP contribution < -0.4 is 10.2 Å². The first kappa shape index (κ1) is 20.3. The Morgan fingerprint density at radius 2 is 2.00 bits per heavy atom. The summed E-state index contributed by atoms with van der Waals surface area (Å²) in [7, 11) is 1.00. The maximum Gasteiger partial charge on any atom is 0.137 e. The molecule has 1 saturated heterocycles. The van der Waals surface area contributed by atoms with Crippen molar-refractivity contribution in [2.45, 2.75) is 56.7 Å². The minimum absolute atomic E-state index is 0.174. The third-order valence-electron chi connectivity index (χ3n) is 4.95. The van der Waals surface area contributed by atoms with Crippen LogP contribution in [0.2, 0.25) is 0 Å². The Labute approximate surface area is 158 Å². The first-order chi connectivity index (χ1) is 12.2. The summed E-state index contributed by atoms with van der Waals surface area (Å²) >= 11 is 3.39. The minimum atomic E-state index is -0.394. The molecule has 4 N–H and O–H groups in total. The summed E-state index contributed by atoms with van der Waals surface area (Å²) in [5.74, 6) is 0.790. The van der Waals surface area contributed by atoms with E-state index < -0.39 is 6.10 Å². The fourth-order valence-electron chi connectivity index (χ4n) is 3.71. The SMILES string of the molecule is CO.N=Cc1cc(Br)cnc1N1CC[C@@H](NC2CCCCC2)[C@H](O)C1. The first-order valence-corrected chi connectivity index (χ1v) is 9.76. The fraction of sp³-hybridized carbons (Fsp3) is 0.667. The predicted octanol–water partition coefficient (Wildman–Crippen LogP) is 2.31. The van der Waals surface area contributed by atoms with E-state index in [1.165, 1.54) is 38.3 Å². The molecule has 1 saturated carbocycles. The number of pyridine rings is 1. The van der Waals surface area contributed by atoms with Gasteiger partial charge in [-0.05, 0) is 41.3 Å². The largest absolute Gasteiger partial charge is 0.400 e. The molecule has 0 unspecified atom stereocenters. The highest BCUT2D eigenvalue weighted by Crippen LogP contribution is 2.25. The van der Waals surface area contributed by atoms with Crippen molar-refractivity contribution in [1.29, 1.82) is 5.41 Å². The number of hydrogen-bond donors (Lipinski definition) is 4. The molecule has 1 aliphatic heterocycles. The van der Waals surface area contributed by atoms with Gasteiger partial charge in [-0.1, -0.05) is 19.3 Å². The molecule has 7 heteroatoms. The van der Waals surface area contributed by atoms with Gasteiger partial charge in [0.25, 0.3) is 0 Å². The molecule has 1 aliphatic carbocycles. The average Bonchev–Trinajstić information content (AvgIpc) is 2.66. The van der Waals surface area contributed by atoms with Crippen LogP contribution >= 0.6 is 15.9 Å². The Morgan fingerprint density at radius 1 is 1.28 bits per heavy atom. The highest BCUT2D eigenvalue weighted by atomic mass is 79.9. The average molecular weight is 413 g/mol. The number of rotatable bonds is 4. The highest BCUT2D eigenvalue weighted by molar-refractivity contribution is 9.10. The molecule has 2 aliphatic rings. The van der Waals surface area contributed by atoms with E-state index in [1.807, 2.05) is 6.07 Å². The Balaban J connectivity index is 0.00000109. The maximum absolute atomic E-state index is 10.6. The van der Waals surface area contributed by atoms with Crippen LogP contribution in [-0.2, 0) is 0 Å². The lowest BCUT2D eigenvalue weighted by atomic mass is 9.92. The number of hydrogen-bond acceptors (Lipinski definition) is 6. The summed E-state index contributed by atoms with van der Waals surface area (Å²) in [5, 5.41) is 28.8. The van der Waals surface area contributed by atoms with Crippen LogP contribution in [-0.4, -0.2) is 59.8 Å². The van der Waals surface area contributed by atoms with Gasteiger partial charge in [0, 0.05) is 54.7 Å². The second kappa shape index (κ2) is 10.2. The van der Waals surface area contributed by atoms with Gasteiger partial charge in [0.1, 0.15) is 5.82 Å². The van der Waals surface area contributed by atoms with E-state index in [4.69, 9.17) is 10.5 Å². The molecular formula is C18H29BrN4O2. The molecule has 3 rings (SSSR count). The second-order valence-corrected chi connectivity index (χ2v) is 7.54. The summed E-state index contributed by atoms with van der Waals surface area (Å²) < 4.78 is 0.870. The number of anilines is 1.